The number of nitrogen functional groups attached to an aromatic ring is 1. The second-order valence-corrected chi connectivity index (χ2v) is 10.3. The van der Waals surface area contributed by atoms with E-state index in [0.29, 0.717) is 52.5 Å². The lowest BCUT2D eigenvalue weighted by Crippen LogP contribution is -2.27. The van der Waals surface area contributed by atoms with Crippen LogP contribution in [0.1, 0.15) is 49.9 Å². The monoisotopic (exact) mass is 571 g/mol. The summed E-state index contributed by atoms with van der Waals surface area (Å²) in [6, 6.07) is 15.7. The Bertz CT molecular complexity index is 2050. The van der Waals surface area contributed by atoms with Crippen LogP contribution in [-0.2, 0) is 6.42 Å². The first-order valence-corrected chi connectivity index (χ1v) is 13.6. The highest BCUT2D eigenvalue weighted by Crippen LogP contribution is 2.36. The number of anilines is 1. The molecule has 1 amide bonds. The molecule has 7 rings (SSSR count). The van der Waals surface area contributed by atoms with Crippen LogP contribution >= 0.6 is 0 Å². The highest BCUT2D eigenvalue weighted by molar-refractivity contribution is 5.96. The highest BCUT2D eigenvalue weighted by Gasteiger charge is 2.27. The molecule has 0 saturated carbocycles. The van der Waals surface area contributed by atoms with Gasteiger partial charge in [-0.15, -0.1) is 4.80 Å². The molecule has 0 radical (unpaired) electrons. The molecule has 43 heavy (non-hydrogen) atoms. The molecular weight excluding hydrogens is 546 g/mol. The van der Waals surface area contributed by atoms with Gasteiger partial charge in [0.25, 0.3) is 5.91 Å². The summed E-state index contributed by atoms with van der Waals surface area (Å²) in [5.41, 5.74) is 12.5. The van der Waals surface area contributed by atoms with Gasteiger partial charge in [-0.25, -0.2) is 15.0 Å². The summed E-state index contributed by atoms with van der Waals surface area (Å²) in [6.45, 7) is 1.97. The summed E-state index contributed by atoms with van der Waals surface area (Å²) in [6.07, 6.45) is 6.81. The number of aryl methyl sites for hydroxylation is 2. The number of benzene rings is 2. The number of phenolic OH excluding ortho intramolecular Hbond substituents is 1. The standard InChI is InChI=1S/C31H25N9O3/c1-17-13-26(40-34-11-12-35-40)37-30-27(17)38-29(23-3-2-10-33-28(23)32)39(30)21-6-7-22-18(15-21)4-8-24(22)36-31(43)19-5-9-25(42)20(14-19)16-41/h2-3,5-7,9-16,24,42H,4,8H2,1H3,(H2,32,33)(H,36,43)/t24-/m0/s1. The van der Waals surface area contributed by atoms with E-state index in [1.54, 1.807) is 18.6 Å². The van der Waals surface area contributed by atoms with E-state index in [9.17, 15) is 14.7 Å². The molecule has 6 aromatic rings. The zero-order valence-electron chi connectivity index (χ0n) is 23.0. The molecule has 0 saturated heterocycles. The van der Waals surface area contributed by atoms with Gasteiger partial charge in [0.05, 0.1) is 29.6 Å². The smallest absolute Gasteiger partial charge is 0.251 e. The highest BCUT2D eigenvalue weighted by atomic mass is 16.3. The van der Waals surface area contributed by atoms with E-state index < -0.39 is 0 Å². The maximum Gasteiger partial charge on any atom is 0.251 e. The molecule has 0 unspecified atom stereocenters. The molecule has 0 fully saturated rings. The number of aromatic hydroxyl groups is 1. The third-order valence-corrected chi connectivity index (χ3v) is 7.68. The Labute approximate surface area is 244 Å². The molecule has 0 bridgehead atoms. The van der Waals surface area contributed by atoms with Crippen LogP contribution in [-0.4, -0.2) is 51.8 Å². The third kappa shape index (κ3) is 4.45. The van der Waals surface area contributed by atoms with E-state index in [1.165, 1.54) is 23.0 Å². The normalized spacial score (nSPS) is 14.1. The number of rotatable bonds is 6. The van der Waals surface area contributed by atoms with Crippen molar-refractivity contribution in [1.29, 1.82) is 0 Å². The molecule has 4 N–H and O–H groups in total. The fraction of sp³-hybridized carbons (Fsp3) is 0.129. The number of nitrogens with one attached hydrogen (secondary N) is 1. The Morgan fingerprint density at radius 1 is 1.07 bits per heavy atom. The van der Waals surface area contributed by atoms with Crippen molar-refractivity contribution in [3.05, 3.63) is 101 Å². The first-order valence-electron chi connectivity index (χ1n) is 13.6. The molecule has 4 aromatic heterocycles. The second kappa shape index (κ2) is 10.2. The van der Waals surface area contributed by atoms with Gasteiger partial charge < -0.3 is 16.2 Å². The quantitative estimate of drug-likeness (QED) is 0.251. The third-order valence-electron chi connectivity index (χ3n) is 7.68. The number of pyridine rings is 2. The summed E-state index contributed by atoms with van der Waals surface area (Å²) >= 11 is 0. The number of nitrogens with two attached hydrogens (primary N) is 1. The summed E-state index contributed by atoms with van der Waals surface area (Å²) in [7, 11) is 0. The molecule has 1 atom stereocenters. The summed E-state index contributed by atoms with van der Waals surface area (Å²) in [5.74, 6) is 1.02. The average Bonchev–Trinajstić information content (AvgIpc) is 3.77. The largest absolute Gasteiger partial charge is 0.507 e. The van der Waals surface area contributed by atoms with E-state index >= 15 is 0 Å². The molecule has 0 spiro atoms. The SMILES string of the molecule is Cc1cc(-n2nccn2)nc2c1nc(-c1cccnc1N)n2-c1ccc2c(c1)CC[C@@H]2NC(=O)c1ccc(O)c(C=O)c1. The van der Waals surface area contributed by atoms with Gasteiger partial charge in [0.15, 0.2) is 23.6 Å². The minimum Gasteiger partial charge on any atom is -0.507 e. The van der Waals surface area contributed by atoms with Crippen molar-refractivity contribution in [2.24, 2.45) is 0 Å². The van der Waals surface area contributed by atoms with Crippen LogP contribution in [0.5, 0.6) is 5.75 Å². The van der Waals surface area contributed by atoms with Crippen LogP contribution in [0.15, 0.2) is 73.2 Å². The molecule has 2 aromatic carbocycles. The Balaban J connectivity index is 1.31. The second-order valence-electron chi connectivity index (χ2n) is 10.3. The van der Waals surface area contributed by atoms with E-state index in [1.807, 2.05) is 41.8 Å². The topological polar surface area (TPSA) is 167 Å². The van der Waals surface area contributed by atoms with Crippen LogP contribution in [0, 0.1) is 6.92 Å². The average molecular weight is 572 g/mol. The minimum atomic E-state index is -0.320. The predicted octanol–water partition coefficient (Wildman–Crippen LogP) is 3.89. The number of aldehydes is 1. The summed E-state index contributed by atoms with van der Waals surface area (Å²) < 4.78 is 1.96. The Morgan fingerprint density at radius 3 is 2.70 bits per heavy atom. The predicted molar refractivity (Wildman–Crippen MR) is 158 cm³/mol. The number of carbonyl (C=O) groups is 2. The molecule has 1 aliphatic carbocycles. The minimum absolute atomic E-state index is 0.0667. The number of hydrogen-bond acceptors (Lipinski definition) is 9. The van der Waals surface area contributed by atoms with Crippen molar-refractivity contribution in [3.63, 3.8) is 0 Å². The number of phenols is 1. The van der Waals surface area contributed by atoms with Gasteiger partial charge in [0.1, 0.15) is 17.1 Å². The molecule has 1 aliphatic rings. The first kappa shape index (κ1) is 26.0. The van der Waals surface area contributed by atoms with E-state index in [-0.39, 0.29) is 23.3 Å². The van der Waals surface area contributed by atoms with Crippen molar-refractivity contribution in [2.75, 3.05) is 5.73 Å². The van der Waals surface area contributed by atoms with Crippen molar-refractivity contribution in [1.82, 2.24) is 39.8 Å². The summed E-state index contributed by atoms with van der Waals surface area (Å²) in [5, 5.41) is 21.4. The van der Waals surface area contributed by atoms with Gasteiger partial charge in [0.2, 0.25) is 0 Å². The van der Waals surface area contributed by atoms with Gasteiger partial charge in [-0.1, -0.05) is 6.07 Å². The molecule has 12 heteroatoms. The number of hydrogen-bond donors (Lipinski definition) is 3. The fourth-order valence-corrected chi connectivity index (χ4v) is 5.58. The van der Waals surface area contributed by atoms with Crippen LogP contribution in [0.3, 0.4) is 0 Å². The van der Waals surface area contributed by atoms with E-state index in [2.05, 4.69) is 26.6 Å². The van der Waals surface area contributed by atoms with Crippen LogP contribution < -0.4 is 11.1 Å². The van der Waals surface area contributed by atoms with Crippen molar-refractivity contribution in [3.8, 4) is 28.6 Å². The number of imidazole rings is 1. The molecule has 4 heterocycles. The molecule has 0 aliphatic heterocycles. The van der Waals surface area contributed by atoms with Gasteiger partial charge >= 0.3 is 0 Å². The number of fused-ring (bicyclic) bond motifs is 2. The zero-order valence-corrected chi connectivity index (χ0v) is 23.0. The van der Waals surface area contributed by atoms with Crippen molar-refractivity contribution in [2.45, 2.75) is 25.8 Å². The fourth-order valence-electron chi connectivity index (χ4n) is 5.58. The molecule has 12 nitrogen and oxygen atoms in total. The van der Waals surface area contributed by atoms with E-state index in [4.69, 9.17) is 15.7 Å². The lowest BCUT2D eigenvalue weighted by atomic mass is 10.1. The maximum atomic E-state index is 13.0. The maximum absolute atomic E-state index is 13.0. The van der Waals surface area contributed by atoms with Gasteiger partial charge in [-0.2, -0.15) is 10.2 Å². The summed E-state index contributed by atoms with van der Waals surface area (Å²) in [4.78, 5) is 39.9. The van der Waals surface area contributed by atoms with E-state index in [0.717, 1.165) is 28.8 Å². The van der Waals surface area contributed by atoms with Crippen LogP contribution in [0.25, 0.3) is 34.1 Å². The Morgan fingerprint density at radius 2 is 1.91 bits per heavy atom. The number of nitrogens with zero attached hydrogens (tertiary/aromatic N) is 7. The van der Waals surface area contributed by atoms with Gasteiger partial charge in [-0.3, -0.25) is 14.2 Å². The Kier molecular flexibility index (Phi) is 6.16. The number of aromatic nitrogens is 7. The molecular formula is C31H25N9O3. The molecule has 212 valence electrons. The lowest BCUT2D eigenvalue weighted by molar-refractivity contribution is 0.0936. The first-order chi connectivity index (χ1) is 20.9. The number of carbonyl (C=O) groups excluding carboxylic acids is 2. The van der Waals surface area contributed by atoms with Crippen molar-refractivity contribution < 1.29 is 14.7 Å². The van der Waals surface area contributed by atoms with Crippen LogP contribution in [0.2, 0.25) is 0 Å². The zero-order chi connectivity index (χ0) is 29.7. The van der Waals surface area contributed by atoms with Crippen LogP contribution in [0.4, 0.5) is 5.82 Å². The Hall–Kier alpha value is -5.91. The van der Waals surface area contributed by atoms with Gasteiger partial charge in [-0.05, 0) is 85.0 Å². The number of amides is 1. The van der Waals surface area contributed by atoms with Crippen molar-refractivity contribution >= 4 is 29.2 Å². The lowest BCUT2D eigenvalue weighted by Gasteiger charge is -2.16. The van der Waals surface area contributed by atoms with Gasteiger partial charge in [0, 0.05) is 17.4 Å².